The lowest BCUT2D eigenvalue weighted by atomic mass is 10.0. The Morgan fingerprint density at radius 1 is 1.42 bits per heavy atom. The van der Waals surface area contributed by atoms with Crippen molar-refractivity contribution in [1.29, 1.82) is 0 Å². The van der Waals surface area contributed by atoms with Crippen LogP contribution < -0.4 is 0 Å². The molecule has 0 saturated carbocycles. The van der Waals surface area contributed by atoms with Crippen molar-refractivity contribution in [3.8, 4) is 0 Å². The van der Waals surface area contributed by atoms with Gasteiger partial charge < -0.3 is 0 Å². The maximum Gasteiger partial charge on any atom is 0.136 e. The molecule has 0 spiro atoms. The summed E-state index contributed by atoms with van der Waals surface area (Å²) in [5.41, 5.74) is 2.15. The van der Waals surface area contributed by atoms with Gasteiger partial charge in [0.2, 0.25) is 0 Å². The van der Waals surface area contributed by atoms with Gasteiger partial charge in [0, 0.05) is 11.3 Å². The summed E-state index contributed by atoms with van der Waals surface area (Å²) in [5, 5.41) is 0.594. The zero-order valence-corrected chi connectivity index (χ0v) is 8.39. The summed E-state index contributed by atoms with van der Waals surface area (Å²) in [4.78, 5) is 8.15. The van der Waals surface area contributed by atoms with Crippen LogP contribution in [0.1, 0.15) is 37.9 Å². The van der Waals surface area contributed by atoms with E-state index >= 15 is 0 Å². The lowest BCUT2D eigenvalue weighted by molar-refractivity contribution is 0.810. The number of aromatic nitrogens is 2. The second-order valence-electron chi connectivity index (χ2n) is 3.03. The Hall–Kier alpha value is -0.630. The van der Waals surface area contributed by atoms with Crippen molar-refractivity contribution in [1.82, 2.24) is 9.97 Å². The molecule has 0 bridgehead atoms. The Balaban J connectivity index is 3.20. The molecule has 0 radical (unpaired) electrons. The Labute approximate surface area is 78.0 Å². The van der Waals surface area contributed by atoms with E-state index in [9.17, 15) is 0 Å². The minimum Gasteiger partial charge on any atom is -0.241 e. The molecule has 3 heteroatoms. The van der Waals surface area contributed by atoms with E-state index in [1.54, 1.807) is 0 Å². The first kappa shape index (κ1) is 9.46. The maximum absolute atomic E-state index is 5.95. The van der Waals surface area contributed by atoms with Gasteiger partial charge in [0.1, 0.15) is 11.5 Å². The SMILES string of the molecule is CCc1ncnc(Cl)c1C(C)C. The smallest absolute Gasteiger partial charge is 0.136 e. The average Bonchev–Trinajstić information content (AvgIpc) is 2.03. The molecule has 0 N–H and O–H groups in total. The molecule has 0 aliphatic rings. The molecule has 0 atom stereocenters. The minimum absolute atomic E-state index is 0.397. The van der Waals surface area contributed by atoms with Gasteiger partial charge in [0.15, 0.2) is 0 Å². The van der Waals surface area contributed by atoms with E-state index in [-0.39, 0.29) is 0 Å². The molecule has 1 heterocycles. The topological polar surface area (TPSA) is 25.8 Å². The molecule has 0 aliphatic carbocycles. The summed E-state index contributed by atoms with van der Waals surface area (Å²) in [7, 11) is 0. The van der Waals surface area contributed by atoms with Crippen LogP contribution in [0.4, 0.5) is 0 Å². The summed E-state index contributed by atoms with van der Waals surface area (Å²) in [6, 6.07) is 0. The van der Waals surface area contributed by atoms with Crippen LogP contribution in [-0.2, 0) is 6.42 Å². The van der Waals surface area contributed by atoms with E-state index in [1.807, 2.05) is 0 Å². The van der Waals surface area contributed by atoms with Crippen molar-refractivity contribution in [3.05, 3.63) is 22.7 Å². The largest absolute Gasteiger partial charge is 0.241 e. The van der Waals surface area contributed by atoms with Gasteiger partial charge in [-0.3, -0.25) is 0 Å². The van der Waals surface area contributed by atoms with Gasteiger partial charge in [0.05, 0.1) is 0 Å². The van der Waals surface area contributed by atoms with E-state index in [0.29, 0.717) is 11.1 Å². The average molecular weight is 185 g/mol. The number of halogens is 1. The standard InChI is InChI=1S/C9H13ClN2/c1-4-7-8(6(2)3)9(10)12-5-11-7/h5-6H,4H2,1-3H3. The summed E-state index contributed by atoms with van der Waals surface area (Å²) in [6.45, 7) is 6.28. The first-order valence-corrected chi connectivity index (χ1v) is 4.53. The molecule has 0 fully saturated rings. The first-order valence-electron chi connectivity index (χ1n) is 4.16. The fourth-order valence-corrected chi connectivity index (χ4v) is 1.63. The quantitative estimate of drug-likeness (QED) is 0.661. The molecule has 66 valence electrons. The summed E-state index contributed by atoms with van der Waals surface area (Å²) in [6.07, 6.45) is 2.43. The van der Waals surface area contributed by atoms with Crippen molar-refractivity contribution in [2.24, 2.45) is 0 Å². The van der Waals surface area contributed by atoms with Crippen molar-refractivity contribution in [2.75, 3.05) is 0 Å². The van der Waals surface area contributed by atoms with Crippen LogP contribution in [0.3, 0.4) is 0 Å². The monoisotopic (exact) mass is 184 g/mol. The Bertz CT molecular complexity index is 271. The highest BCUT2D eigenvalue weighted by molar-refractivity contribution is 6.30. The summed E-state index contributed by atoms with van der Waals surface area (Å²) in [5.74, 6) is 0.397. The van der Waals surface area contributed by atoms with Crippen LogP contribution in [0.5, 0.6) is 0 Å². The summed E-state index contributed by atoms with van der Waals surface area (Å²) >= 11 is 5.95. The van der Waals surface area contributed by atoms with Gasteiger partial charge >= 0.3 is 0 Å². The number of hydrogen-bond donors (Lipinski definition) is 0. The Kier molecular flexibility index (Phi) is 3.04. The molecular formula is C9H13ClN2. The zero-order valence-electron chi connectivity index (χ0n) is 7.63. The lowest BCUT2D eigenvalue weighted by Gasteiger charge is -2.10. The van der Waals surface area contributed by atoms with Crippen molar-refractivity contribution in [2.45, 2.75) is 33.1 Å². The molecule has 0 unspecified atom stereocenters. The van der Waals surface area contributed by atoms with Crippen LogP contribution >= 0.6 is 11.6 Å². The Morgan fingerprint density at radius 3 is 2.50 bits per heavy atom. The Morgan fingerprint density at radius 2 is 2.08 bits per heavy atom. The van der Waals surface area contributed by atoms with Gasteiger partial charge in [-0.2, -0.15) is 0 Å². The van der Waals surface area contributed by atoms with Crippen LogP contribution in [0.15, 0.2) is 6.33 Å². The van der Waals surface area contributed by atoms with E-state index in [1.165, 1.54) is 6.33 Å². The van der Waals surface area contributed by atoms with Gasteiger partial charge in [-0.25, -0.2) is 9.97 Å². The second-order valence-corrected chi connectivity index (χ2v) is 3.39. The lowest BCUT2D eigenvalue weighted by Crippen LogP contribution is -2.01. The van der Waals surface area contributed by atoms with Crippen molar-refractivity contribution in [3.63, 3.8) is 0 Å². The van der Waals surface area contributed by atoms with Gasteiger partial charge in [-0.1, -0.05) is 32.4 Å². The van der Waals surface area contributed by atoms with E-state index < -0.39 is 0 Å². The molecule has 0 aromatic carbocycles. The zero-order chi connectivity index (χ0) is 9.14. The third-order valence-electron chi connectivity index (χ3n) is 1.83. The van der Waals surface area contributed by atoms with Crippen LogP contribution in [-0.4, -0.2) is 9.97 Å². The van der Waals surface area contributed by atoms with Crippen LogP contribution in [0.25, 0.3) is 0 Å². The number of hydrogen-bond acceptors (Lipinski definition) is 2. The maximum atomic E-state index is 5.95. The van der Waals surface area contributed by atoms with Gasteiger partial charge in [0.25, 0.3) is 0 Å². The highest BCUT2D eigenvalue weighted by Crippen LogP contribution is 2.24. The first-order chi connectivity index (χ1) is 5.66. The van der Waals surface area contributed by atoms with Crippen LogP contribution in [0.2, 0.25) is 5.15 Å². The van der Waals surface area contributed by atoms with Crippen LogP contribution in [0, 0.1) is 0 Å². The molecule has 1 aromatic heterocycles. The third kappa shape index (κ3) is 1.75. The number of aryl methyl sites for hydroxylation is 1. The predicted octanol–water partition coefficient (Wildman–Crippen LogP) is 2.82. The van der Waals surface area contributed by atoms with E-state index in [0.717, 1.165) is 17.7 Å². The van der Waals surface area contributed by atoms with Crippen molar-refractivity contribution < 1.29 is 0 Å². The molecule has 2 nitrogen and oxygen atoms in total. The van der Waals surface area contributed by atoms with Gasteiger partial charge in [-0.05, 0) is 12.3 Å². The summed E-state index contributed by atoms with van der Waals surface area (Å²) < 4.78 is 0. The molecule has 1 rings (SSSR count). The highest BCUT2D eigenvalue weighted by Gasteiger charge is 2.11. The minimum atomic E-state index is 0.397. The molecule has 0 amide bonds. The molecule has 0 aliphatic heterocycles. The van der Waals surface area contributed by atoms with Crippen molar-refractivity contribution >= 4 is 11.6 Å². The fraction of sp³-hybridized carbons (Fsp3) is 0.556. The molecule has 12 heavy (non-hydrogen) atoms. The fourth-order valence-electron chi connectivity index (χ4n) is 1.26. The predicted molar refractivity (Wildman–Crippen MR) is 50.5 cm³/mol. The number of nitrogens with zero attached hydrogens (tertiary/aromatic N) is 2. The molecule has 1 aromatic rings. The second kappa shape index (κ2) is 3.85. The van der Waals surface area contributed by atoms with E-state index in [2.05, 4.69) is 30.7 Å². The van der Waals surface area contributed by atoms with E-state index in [4.69, 9.17) is 11.6 Å². The van der Waals surface area contributed by atoms with Gasteiger partial charge in [-0.15, -0.1) is 0 Å². The molecular weight excluding hydrogens is 172 g/mol. The normalized spacial score (nSPS) is 10.8. The number of rotatable bonds is 2. The highest BCUT2D eigenvalue weighted by atomic mass is 35.5. The molecule has 0 saturated heterocycles. The third-order valence-corrected chi connectivity index (χ3v) is 2.13.